The van der Waals surface area contributed by atoms with Crippen molar-refractivity contribution in [1.82, 2.24) is 10.6 Å². The van der Waals surface area contributed by atoms with Gasteiger partial charge in [-0.05, 0) is 79.2 Å². The Hall–Kier alpha value is -2.52. The van der Waals surface area contributed by atoms with Gasteiger partial charge in [0.25, 0.3) is 0 Å². The van der Waals surface area contributed by atoms with Crippen molar-refractivity contribution in [2.24, 2.45) is 17.4 Å². The quantitative estimate of drug-likeness (QED) is 0.0688. The number of hydrogen-bond donors (Lipinski definition) is 6. The fourth-order valence-corrected chi connectivity index (χ4v) is 3.01. The summed E-state index contributed by atoms with van der Waals surface area (Å²) in [5, 5.41) is 22.9. The van der Waals surface area contributed by atoms with Gasteiger partial charge >= 0.3 is 5.97 Å². The highest BCUT2D eigenvalue weighted by atomic mass is 16.5. The van der Waals surface area contributed by atoms with E-state index in [1.165, 1.54) is 13.5 Å². The van der Waals surface area contributed by atoms with Gasteiger partial charge in [-0.15, -0.1) is 12.3 Å². The summed E-state index contributed by atoms with van der Waals surface area (Å²) in [6, 6.07) is -1.60. The second-order valence-electron chi connectivity index (χ2n) is 11.0. The van der Waals surface area contributed by atoms with Crippen molar-refractivity contribution >= 4 is 24.1 Å². The van der Waals surface area contributed by atoms with Crippen LogP contribution in [-0.4, -0.2) is 78.3 Å². The van der Waals surface area contributed by atoms with Gasteiger partial charge in [0.2, 0.25) is 11.8 Å². The number of nitrogens with one attached hydrogen (secondary N) is 2. The van der Waals surface area contributed by atoms with E-state index >= 15 is 0 Å². The minimum atomic E-state index is -1.13. The molecule has 2 atom stereocenters. The standard InChI is InChI=1S/C16H25N3O5.C8H18O.C6H14O.C2H6.CH5N/c1-2-3-7-15(22)19-12(11-20)6-4-5-10-18-14(21)9-8-13(17)16(23)24;1-7(2)5-6-9-8(3)4;1-4-5-6(2,3)7;2*1-2/h1,11-13H,3-10,17H2,(H,18,21)(H,19,22)(H,23,24);7-8H,5-6H2,1-4H3;7H,4-5H2,1-3H3;1-2H3;2H2,1H3. The number of unbranched alkanes of at least 4 members (excludes halogenated alkanes) is 1. The summed E-state index contributed by atoms with van der Waals surface area (Å²) in [6.07, 6.45) is 11.7. The maximum absolute atomic E-state index is 11.5. The van der Waals surface area contributed by atoms with Crippen LogP contribution in [-0.2, 0) is 23.9 Å². The number of carboxylic acid groups (broad SMARTS) is 1. The molecule has 0 aliphatic heterocycles. The van der Waals surface area contributed by atoms with Crippen molar-refractivity contribution in [2.75, 3.05) is 20.2 Å². The molecule has 0 fully saturated rings. The average Bonchev–Trinajstić information content (AvgIpc) is 2.95. The Morgan fingerprint density at radius 2 is 1.57 bits per heavy atom. The van der Waals surface area contributed by atoms with E-state index < -0.39 is 23.7 Å². The van der Waals surface area contributed by atoms with E-state index in [0.29, 0.717) is 44.6 Å². The Labute approximate surface area is 269 Å². The first-order chi connectivity index (χ1) is 20.6. The molecule has 2 amide bonds. The van der Waals surface area contributed by atoms with Crippen LogP contribution in [0, 0.1) is 18.3 Å². The van der Waals surface area contributed by atoms with Gasteiger partial charge in [-0.2, -0.15) is 0 Å². The zero-order valence-electron chi connectivity index (χ0n) is 29.5. The number of nitrogens with two attached hydrogens (primary N) is 2. The van der Waals surface area contributed by atoms with Gasteiger partial charge in [0.05, 0.1) is 17.7 Å². The number of rotatable bonds is 19. The minimum Gasteiger partial charge on any atom is -0.480 e. The van der Waals surface area contributed by atoms with Gasteiger partial charge in [0.15, 0.2) is 0 Å². The van der Waals surface area contributed by atoms with Crippen LogP contribution < -0.4 is 22.1 Å². The number of aliphatic hydroxyl groups is 1. The summed E-state index contributed by atoms with van der Waals surface area (Å²) in [5.41, 5.74) is 9.35. The Balaban J connectivity index is -0.000000206. The fourth-order valence-electron chi connectivity index (χ4n) is 3.01. The van der Waals surface area contributed by atoms with Crippen molar-refractivity contribution in [3.8, 4) is 12.3 Å². The first-order valence-corrected chi connectivity index (χ1v) is 15.9. The van der Waals surface area contributed by atoms with Crippen LogP contribution in [0.2, 0.25) is 0 Å². The average molecular weight is 633 g/mol. The van der Waals surface area contributed by atoms with E-state index in [2.05, 4.69) is 56.9 Å². The zero-order valence-corrected chi connectivity index (χ0v) is 29.5. The Bertz CT molecular complexity index is 710. The number of aldehydes is 1. The molecule has 262 valence electrons. The molecular formula is C33H68N4O7. The molecule has 0 saturated carbocycles. The molecule has 11 heteroatoms. The first kappa shape index (κ1) is 51.1. The summed E-state index contributed by atoms with van der Waals surface area (Å²) >= 11 is 0. The van der Waals surface area contributed by atoms with Crippen molar-refractivity contribution in [2.45, 2.75) is 150 Å². The van der Waals surface area contributed by atoms with Crippen molar-refractivity contribution in [3.63, 3.8) is 0 Å². The van der Waals surface area contributed by atoms with Crippen LogP contribution in [0.1, 0.15) is 127 Å². The van der Waals surface area contributed by atoms with Crippen molar-refractivity contribution < 1.29 is 34.1 Å². The largest absolute Gasteiger partial charge is 0.480 e. The van der Waals surface area contributed by atoms with Gasteiger partial charge in [0, 0.05) is 32.4 Å². The first-order valence-electron chi connectivity index (χ1n) is 15.9. The smallest absolute Gasteiger partial charge is 0.320 e. The van der Waals surface area contributed by atoms with Crippen LogP contribution in [0.3, 0.4) is 0 Å². The van der Waals surface area contributed by atoms with Gasteiger partial charge in [-0.1, -0.05) is 41.0 Å². The Morgan fingerprint density at radius 1 is 1.00 bits per heavy atom. The summed E-state index contributed by atoms with van der Waals surface area (Å²) in [7, 11) is 1.50. The molecule has 0 heterocycles. The number of carbonyl (C=O) groups is 4. The monoisotopic (exact) mass is 633 g/mol. The van der Waals surface area contributed by atoms with Crippen LogP contribution in [0.15, 0.2) is 0 Å². The van der Waals surface area contributed by atoms with Crippen LogP contribution in [0.25, 0.3) is 0 Å². The number of terminal acetylenes is 1. The number of carboxylic acids is 1. The third kappa shape index (κ3) is 49.2. The fraction of sp³-hybridized carbons (Fsp3) is 0.818. The molecule has 0 aromatic heterocycles. The lowest BCUT2D eigenvalue weighted by molar-refractivity contribution is -0.138. The number of aliphatic carboxylic acids is 1. The summed E-state index contributed by atoms with van der Waals surface area (Å²) in [4.78, 5) is 44.3. The predicted molar refractivity (Wildman–Crippen MR) is 181 cm³/mol. The predicted octanol–water partition coefficient (Wildman–Crippen LogP) is 4.18. The lowest BCUT2D eigenvalue weighted by atomic mass is 10.0. The second-order valence-corrected chi connectivity index (χ2v) is 11.0. The Morgan fingerprint density at radius 3 is 1.95 bits per heavy atom. The molecule has 0 spiro atoms. The maximum Gasteiger partial charge on any atom is 0.320 e. The van der Waals surface area contributed by atoms with Crippen LogP contribution >= 0.6 is 0 Å². The van der Waals surface area contributed by atoms with E-state index in [9.17, 15) is 19.2 Å². The highest BCUT2D eigenvalue weighted by Crippen LogP contribution is 2.08. The van der Waals surface area contributed by atoms with E-state index in [1.54, 1.807) is 0 Å². The number of ether oxygens (including phenoxy) is 1. The molecule has 0 rings (SSSR count). The SMILES string of the molecule is C#CCCC(=O)NC(C=O)CCCCNC(=O)CCC(N)C(=O)O.CC.CC(C)CCOC(C)C.CCCC(C)(C)O.CN. The molecule has 8 N–H and O–H groups in total. The minimum absolute atomic E-state index is 0.0513. The highest BCUT2D eigenvalue weighted by molar-refractivity contribution is 5.79. The van der Waals surface area contributed by atoms with Crippen molar-refractivity contribution in [1.29, 1.82) is 0 Å². The Kier molecular flexibility index (Phi) is 42.6. The number of hydrogen-bond acceptors (Lipinski definition) is 8. The molecule has 0 aromatic carbocycles. The van der Waals surface area contributed by atoms with Crippen molar-refractivity contribution in [3.05, 3.63) is 0 Å². The third-order valence-electron chi connectivity index (χ3n) is 5.28. The van der Waals surface area contributed by atoms with E-state index in [-0.39, 0.29) is 31.1 Å². The topological polar surface area (TPSA) is 194 Å². The molecule has 0 saturated heterocycles. The molecule has 0 aliphatic carbocycles. The molecule has 0 aliphatic rings. The normalized spacial score (nSPS) is 11.3. The molecular weight excluding hydrogens is 564 g/mol. The van der Waals surface area contributed by atoms with Gasteiger partial charge in [-0.3, -0.25) is 14.4 Å². The summed E-state index contributed by atoms with van der Waals surface area (Å²) < 4.78 is 5.35. The highest BCUT2D eigenvalue weighted by Gasteiger charge is 2.14. The van der Waals surface area contributed by atoms with E-state index in [0.717, 1.165) is 25.4 Å². The van der Waals surface area contributed by atoms with Gasteiger partial charge in [0.1, 0.15) is 12.3 Å². The molecule has 0 aromatic rings. The van der Waals surface area contributed by atoms with E-state index in [4.69, 9.17) is 27.1 Å². The zero-order chi connectivity index (χ0) is 35.6. The second kappa shape index (κ2) is 36.7. The maximum atomic E-state index is 11.5. The summed E-state index contributed by atoms with van der Waals surface area (Å²) in [6.45, 7) is 19.6. The lowest BCUT2D eigenvalue weighted by Crippen LogP contribution is -2.36. The van der Waals surface area contributed by atoms with Gasteiger partial charge in [-0.25, -0.2) is 0 Å². The van der Waals surface area contributed by atoms with Crippen LogP contribution in [0.4, 0.5) is 0 Å². The summed E-state index contributed by atoms with van der Waals surface area (Å²) in [5.74, 6) is 1.47. The van der Waals surface area contributed by atoms with E-state index in [1.807, 2.05) is 27.7 Å². The molecule has 44 heavy (non-hydrogen) atoms. The third-order valence-corrected chi connectivity index (χ3v) is 5.28. The molecule has 11 nitrogen and oxygen atoms in total. The number of amides is 2. The molecule has 0 radical (unpaired) electrons. The molecule has 2 unspecified atom stereocenters. The van der Waals surface area contributed by atoms with Crippen LogP contribution in [0.5, 0.6) is 0 Å². The lowest BCUT2D eigenvalue weighted by Gasteiger charge is -2.14. The molecule has 0 bridgehead atoms. The number of carbonyl (C=O) groups excluding carboxylic acids is 3. The van der Waals surface area contributed by atoms with Gasteiger partial charge < -0.3 is 41.8 Å².